The zero-order valence-electron chi connectivity index (χ0n) is 8.41. The van der Waals surface area contributed by atoms with Gasteiger partial charge in [-0.05, 0) is 18.2 Å². The largest absolute Gasteiger partial charge is 0.475 e. The molecule has 4 nitrogen and oxygen atoms in total. The van der Waals surface area contributed by atoms with Gasteiger partial charge in [0.15, 0.2) is 5.88 Å². The SMILES string of the molecule is O=C(O)c1ccc(Nc2cc(F)cc(F)c2)o1. The summed E-state index contributed by atoms with van der Waals surface area (Å²) in [7, 11) is 0. The molecule has 0 aliphatic heterocycles. The molecule has 0 bridgehead atoms. The fraction of sp³-hybridized carbons (Fsp3) is 0. The molecule has 17 heavy (non-hydrogen) atoms. The number of hydrogen-bond donors (Lipinski definition) is 2. The van der Waals surface area contributed by atoms with Crippen molar-refractivity contribution in [1.82, 2.24) is 0 Å². The van der Waals surface area contributed by atoms with Crippen LogP contribution in [0.2, 0.25) is 0 Å². The first-order chi connectivity index (χ1) is 8.04. The van der Waals surface area contributed by atoms with E-state index in [2.05, 4.69) is 5.32 Å². The summed E-state index contributed by atoms with van der Waals surface area (Å²) in [6.07, 6.45) is 0. The molecule has 0 aliphatic rings. The van der Waals surface area contributed by atoms with E-state index < -0.39 is 17.6 Å². The Morgan fingerprint density at radius 3 is 2.35 bits per heavy atom. The number of rotatable bonds is 3. The van der Waals surface area contributed by atoms with Crippen molar-refractivity contribution in [2.45, 2.75) is 0 Å². The van der Waals surface area contributed by atoms with E-state index >= 15 is 0 Å². The summed E-state index contributed by atoms with van der Waals surface area (Å²) in [5, 5.41) is 11.2. The van der Waals surface area contributed by atoms with Crippen LogP contribution in [-0.4, -0.2) is 11.1 Å². The van der Waals surface area contributed by atoms with Gasteiger partial charge >= 0.3 is 5.97 Å². The molecule has 6 heteroatoms. The quantitative estimate of drug-likeness (QED) is 0.864. The molecule has 0 atom stereocenters. The molecule has 0 fully saturated rings. The molecule has 0 aliphatic carbocycles. The van der Waals surface area contributed by atoms with Gasteiger partial charge in [0, 0.05) is 17.8 Å². The van der Waals surface area contributed by atoms with Crippen LogP contribution in [0.25, 0.3) is 0 Å². The van der Waals surface area contributed by atoms with Crippen LogP contribution in [-0.2, 0) is 0 Å². The zero-order chi connectivity index (χ0) is 12.4. The fourth-order valence-corrected chi connectivity index (χ4v) is 1.29. The first-order valence-corrected chi connectivity index (χ1v) is 4.61. The minimum absolute atomic E-state index is 0.0902. The maximum absolute atomic E-state index is 12.9. The summed E-state index contributed by atoms with van der Waals surface area (Å²) in [5.41, 5.74) is 0.133. The summed E-state index contributed by atoms with van der Waals surface area (Å²) >= 11 is 0. The second-order valence-corrected chi connectivity index (χ2v) is 3.25. The van der Waals surface area contributed by atoms with E-state index in [9.17, 15) is 13.6 Å². The first kappa shape index (κ1) is 11.1. The Morgan fingerprint density at radius 1 is 1.18 bits per heavy atom. The van der Waals surface area contributed by atoms with E-state index in [-0.39, 0.29) is 17.3 Å². The van der Waals surface area contributed by atoms with Crippen molar-refractivity contribution in [3.05, 3.63) is 47.7 Å². The number of nitrogens with one attached hydrogen (secondary N) is 1. The Bertz CT molecular complexity index is 545. The van der Waals surface area contributed by atoms with Crippen LogP contribution in [0.1, 0.15) is 10.6 Å². The second kappa shape index (κ2) is 4.25. The summed E-state index contributed by atoms with van der Waals surface area (Å²) in [6.45, 7) is 0. The molecule has 0 amide bonds. The second-order valence-electron chi connectivity index (χ2n) is 3.25. The number of hydrogen-bond acceptors (Lipinski definition) is 3. The van der Waals surface area contributed by atoms with Crippen molar-refractivity contribution in [2.75, 3.05) is 5.32 Å². The summed E-state index contributed by atoms with van der Waals surface area (Å²) in [6, 6.07) is 5.45. The van der Waals surface area contributed by atoms with Gasteiger partial charge in [0.2, 0.25) is 5.76 Å². The number of carboxylic acids is 1. The molecule has 88 valence electrons. The lowest BCUT2D eigenvalue weighted by molar-refractivity contribution is 0.0663. The van der Waals surface area contributed by atoms with Crippen molar-refractivity contribution < 1.29 is 23.1 Å². The highest BCUT2D eigenvalue weighted by Gasteiger charge is 2.09. The van der Waals surface area contributed by atoms with E-state index in [0.717, 1.165) is 18.2 Å². The average Bonchev–Trinajstić information content (AvgIpc) is 2.64. The summed E-state index contributed by atoms with van der Waals surface area (Å²) < 4.78 is 30.6. The number of halogens is 2. The minimum Gasteiger partial charge on any atom is -0.475 e. The molecule has 0 unspecified atom stereocenters. The minimum atomic E-state index is -1.22. The Labute approximate surface area is 94.5 Å². The van der Waals surface area contributed by atoms with Crippen LogP contribution in [0, 0.1) is 11.6 Å². The summed E-state index contributed by atoms with van der Waals surface area (Å²) in [4.78, 5) is 10.5. The zero-order valence-corrected chi connectivity index (χ0v) is 8.41. The van der Waals surface area contributed by atoms with Crippen molar-refractivity contribution in [1.29, 1.82) is 0 Å². The maximum Gasteiger partial charge on any atom is 0.371 e. The standard InChI is InChI=1S/C11H7F2NO3/c12-6-3-7(13)5-8(4-6)14-10-2-1-9(17-10)11(15)16/h1-5,14H,(H,15,16). The third kappa shape index (κ3) is 2.60. The van der Waals surface area contributed by atoms with Gasteiger partial charge in [-0.25, -0.2) is 13.6 Å². The highest BCUT2D eigenvalue weighted by Crippen LogP contribution is 2.21. The number of furan rings is 1. The predicted molar refractivity (Wildman–Crippen MR) is 55.3 cm³/mol. The number of aromatic carboxylic acids is 1. The highest BCUT2D eigenvalue weighted by atomic mass is 19.1. The monoisotopic (exact) mass is 239 g/mol. The van der Waals surface area contributed by atoms with Gasteiger partial charge < -0.3 is 14.8 Å². The van der Waals surface area contributed by atoms with Gasteiger partial charge in [0.05, 0.1) is 0 Å². The van der Waals surface area contributed by atoms with Crippen LogP contribution in [0.3, 0.4) is 0 Å². The average molecular weight is 239 g/mol. The Kier molecular flexibility index (Phi) is 2.78. The predicted octanol–water partition coefficient (Wildman–Crippen LogP) is 3.00. The lowest BCUT2D eigenvalue weighted by Crippen LogP contribution is -1.93. The van der Waals surface area contributed by atoms with Gasteiger partial charge in [0.1, 0.15) is 11.6 Å². The molecule has 1 aromatic carbocycles. The number of carboxylic acid groups (broad SMARTS) is 1. The van der Waals surface area contributed by atoms with Crippen molar-refractivity contribution in [2.24, 2.45) is 0 Å². The van der Waals surface area contributed by atoms with Crippen LogP contribution in [0.5, 0.6) is 0 Å². The molecule has 2 rings (SSSR count). The van der Waals surface area contributed by atoms with E-state index in [1.807, 2.05) is 0 Å². The molecule has 1 aromatic heterocycles. The number of benzene rings is 1. The van der Waals surface area contributed by atoms with Crippen LogP contribution >= 0.6 is 0 Å². The van der Waals surface area contributed by atoms with Gasteiger partial charge in [-0.1, -0.05) is 0 Å². The van der Waals surface area contributed by atoms with Crippen molar-refractivity contribution in [3.63, 3.8) is 0 Å². The van der Waals surface area contributed by atoms with Gasteiger partial charge in [-0.2, -0.15) is 0 Å². The molecular weight excluding hydrogens is 232 g/mol. The number of anilines is 2. The van der Waals surface area contributed by atoms with E-state index in [4.69, 9.17) is 9.52 Å². The molecule has 0 radical (unpaired) electrons. The van der Waals surface area contributed by atoms with Crippen LogP contribution in [0.15, 0.2) is 34.7 Å². The molecular formula is C11H7F2NO3. The topological polar surface area (TPSA) is 62.5 Å². The van der Waals surface area contributed by atoms with Gasteiger partial charge in [-0.3, -0.25) is 0 Å². The first-order valence-electron chi connectivity index (χ1n) is 4.61. The molecule has 2 aromatic rings. The Balaban J connectivity index is 2.22. The van der Waals surface area contributed by atoms with E-state index in [0.29, 0.717) is 0 Å². The Morgan fingerprint density at radius 2 is 1.82 bits per heavy atom. The Hall–Kier alpha value is -2.37. The fourth-order valence-electron chi connectivity index (χ4n) is 1.29. The lowest BCUT2D eigenvalue weighted by Gasteiger charge is -2.02. The van der Waals surface area contributed by atoms with Crippen molar-refractivity contribution >= 4 is 17.5 Å². The maximum atomic E-state index is 12.9. The molecule has 0 spiro atoms. The van der Waals surface area contributed by atoms with Crippen LogP contribution in [0.4, 0.5) is 20.4 Å². The third-order valence-corrected chi connectivity index (χ3v) is 1.95. The lowest BCUT2D eigenvalue weighted by atomic mass is 10.3. The van der Waals surface area contributed by atoms with Crippen LogP contribution < -0.4 is 5.32 Å². The third-order valence-electron chi connectivity index (χ3n) is 1.95. The highest BCUT2D eigenvalue weighted by molar-refractivity contribution is 5.85. The molecule has 1 heterocycles. The van der Waals surface area contributed by atoms with Gasteiger partial charge in [-0.15, -0.1) is 0 Å². The molecule has 0 saturated heterocycles. The van der Waals surface area contributed by atoms with E-state index in [1.165, 1.54) is 12.1 Å². The molecule has 2 N–H and O–H groups in total. The normalized spacial score (nSPS) is 10.2. The smallest absolute Gasteiger partial charge is 0.371 e. The van der Waals surface area contributed by atoms with Gasteiger partial charge in [0.25, 0.3) is 0 Å². The molecule has 0 saturated carbocycles. The van der Waals surface area contributed by atoms with Crippen molar-refractivity contribution in [3.8, 4) is 0 Å². The summed E-state index contributed by atoms with van der Waals surface area (Å²) in [5.74, 6) is -2.87. The number of carbonyl (C=O) groups is 1. The van der Waals surface area contributed by atoms with E-state index in [1.54, 1.807) is 0 Å².